The van der Waals surface area contributed by atoms with Crippen molar-refractivity contribution >= 4 is 27.8 Å². The highest BCUT2D eigenvalue weighted by molar-refractivity contribution is 7.99. The van der Waals surface area contributed by atoms with Crippen molar-refractivity contribution in [2.45, 2.75) is 35.3 Å². The Labute approximate surface area is 176 Å². The second kappa shape index (κ2) is 9.19. The lowest BCUT2D eigenvalue weighted by atomic mass is 10.2. The van der Waals surface area contributed by atoms with Gasteiger partial charge in [0.15, 0.2) is 0 Å². The number of benzene rings is 2. The highest BCUT2D eigenvalue weighted by atomic mass is 32.2. The maximum atomic E-state index is 13.2. The minimum absolute atomic E-state index is 0.00132. The first-order valence-corrected chi connectivity index (χ1v) is 11.7. The van der Waals surface area contributed by atoms with Crippen molar-refractivity contribution in [3.63, 3.8) is 0 Å². The molecule has 2 atom stereocenters. The van der Waals surface area contributed by atoms with Crippen LogP contribution in [0.3, 0.4) is 0 Å². The Bertz CT molecular complexity index is 942. The Hall–Kier alpha value is -2.03. The van der Waals surface area contributed by atoms with Crippen molar-refractivity contribution in [1.29, 1.82) is 0 Å². The Balaban J connectivity index is 1.75. The molecule has 0 aliphatic carbocycles. The number of hydrogen-bond donors (Lipinski definition) is 0. The van der Waals surface area contributed by atoms with Crippen molar-refractivity contribution in [2.75, 3.05) is 20.8 Å². The summed E-state index contributed by atoms with van der Waals surface area (Å²) in [4.78, 5) is 12.5. The molecule has 3 rings (SSSR count). The number of aryl methyl sites for hydroxylation is 1. The van der Waals surface area contributed by atoms with Crippen LogP contribution in [0.25, 0.3) is 0 Å². The molecular formula is C21H25NO5S2. The number of carbonyl (C=O) groups is 1. The summed E-state index contributed by atoms with van der Waals surface area (Å²) in [6.07, 6.45) is 0.429. The maximum absolute atomic E-state index is 13.2. The molecule has 156 valence electrons. The van der Waals surface area contributed by atoms with E-state index in [2.05, 4.69) is 0 Å². The zero-order chi connectivity index (χ0) is 21.0. The fourth-order valence-electron chi connectivity index (χ4n) is 3.29. The fourth-order valence-corrected chi connectivity index (χ4v) is 6.22. The number of sulfonamides is 1. The van der Waals surface area contributed by atoms with Crippen LogP contribution in [0.15, 0.2) is 53.4 Å². The third-order valence-electron chi connectivity index (χ3n) is 4.96. The number of esters is 1. The van der Waals surface area contributed by atoms with Gasteiger partial charge in [0.05, 0.1) is 19.1 Å². The molecule has 1 fully saturated rings. The van der Waals surface area contributed by atoms with Gasteiger partial charge in [-0.1, -0.05) is 29.8 Å². The standard InChI is InChI=1S/C21H25NO5S2/c1-15-4-10-19(11-5-15)29(24,25)22-13-18(12-20(22)21(23)27-3)28-14-16-6-8-17(26-2)9-7-16/h4-11,18,20H,12-14H2,1-3H3. The van der Waals surface area contributed by atoms with Gasteiger partial charge in [-0.3, -0.25) is 4.79 Å². The molecule has 0 bridgehead atoms. The molecule has 0 spiro atoms. The molecule has 0 amide bonds. The van der Waals surface area contributed by atoms with Gasteiger partial charge in [-0.15, -0.1) is 0 Å². The van der Waals surface area contributed by atoms with E-state index in [0.29, 0.717) is 6.42 Å². The third kappa shape index (κ3) is 4.94. The van der Waals surface area contributed by atoms with E-state index < -0.39 is 22.0 Å². The van der Waals surface area contributed by atoms with Crippen LogP contribution in [0, 0.1) is 6.92 Å². The van der Waals surface area contributed by atoms with Gasteiger partial charge >= 0.3 is 5.97 Å². The van der Waals surface area contributed by atoms with E-state index in [9.17, 15) is 13.2 Å². The Morgan fingerprint density at radius 2 is 1.76 bits per heavy atom. The predicted molar refractivity (Wildman–Crippen MR) is 114 cm³/mol. The number of ether oxygens (including phenoxy) is 2. The highest BCUT2D eigenvalue weighted by Gasteiger charge is 2.44. The molecule has 29 heavy (non-hydrogen) atoms. The van der Waals surface area contributed by atoms with Crippen molar-refractivity contribution in [2.24, 2.45) is 0 Å². The molecule has 2 aromatic carbocycles. The summed E-state index contributed by atoms with van der Waals surface area (Å²) in [5.74, 6) is 0.995. The van der Waals surface area contributed by atoms with E-state index in [1.807, 2.05) is 31.2 Å². The first-order chi connectivity index (χ1) is 13.8. The number of carbonyl (C=O) groups excluding carboxylic acids is 1. The van der Waals surface area contributed by atoms with Crippen LogP contribution in [0.2, 0.25) is 0 Å². The van der Waals surface area contributed by atoms with Crippen LogP contribution in [0.5, 0.6) is 5.75 Å². The van der Waals surface area contributed by atoms with Gasteiger partial charge in [0.2, 0.25) is 10.0 Å². The quantitative estimate of drug-likeness (QED) is 0.622. The molecule has 0 saturated carbocycles. The van der Waals surface area contributed by atoms with E-state index in [4.69, 9.17) is 9.47 Å². The smallest absolute Gasteiger partial charge is 0.324 e. The van der Waals surface area contributed by atoms with Gasteiger partial charge in [-0.05, 0) is 43.2 Å². The normalized spacial score (nSPS) is 19.8. The maximum Gasteiger partial charge on any atom is 0.324 e. The number of methoxy groups -OCH3 is 2. The third-order valence-corrected chi connectivity index (χ3v) is 8.16. The van der Waals surface area contributed by atoms with E-state index >= 15 is 0 Å². The van der Waals surface area contributed by atoms with Crippen molar-refractivity contribution in [1.82, 2.24) is 4.31 Å². The number of rotatable bonds is 7. The second-order valence-electron chi connectivity index (χ2n) is 6.94. The Morgan fingerprint density at radius 3 is 2.34 bits per heavy atom. The summed E-state index contributed by atoms with van der Waals surface area (Å²) in [6, 6.07) is 13.6. The molecule has 6 nitrogen and oxygen atoms in total. The van der Waals surface area contributed by atoms with Crippen LogP contribution in [-0.2, 0) is 25.3 Å². The lowest BCUT2D eigenvalue weighted by Crippen LogP contribution is -2.41. The number of nitrogens with zero attached hydrogens (tertiary/aromatic N) is 1. The Morgan fingerprint density at radius 1 is 1.10 bits per heavy atom. The lowest BCUT2D eigenvalue weighted by Gasteiger charge is -2.22. The first kappa shape index (κ1) is 21.7. The fraction of sp³-hybridized carbons (Fsp3) is 0.381. The van der Waals surface area contributed by atoms with Gasteiger partial charge in [0.1, 0.15) is 11.8 Å². The largest absolute Gasteiger partial charge is 0.497 e. The topological polar surface area (TPSA) is 72.9 Å². The van der Waals surface area contributed by atoms with Gasteiger partial charge in [0.25, 0.3) is 0 Å². The van der Waals surface area contributed by atoms with Crippen molar-refractivity contribution in [3.8, 4) is 5.75 Å². The molecule has 2 unspecified atom stereocenters. The van der Waals surface area contributed by atoms with Crippen LogP contribution in [0.1, 0.15) is 17.5 Å². The number of hydrogen-bond acceptors (Lipinski definition) is 6. The lowest BCUT2D eigenvalue weighted by molar-refractivity contribution is -0.144. The van der Waals surface area contributed by atoms with Crippen molar-refractivity contribution in [3.05, 3.63) is 59.7 Å². The zero-order valence-electron chi connectivity index (χ0n) is 16.7. The summed E-state index contributed by atoms with van der Waals surface area (Å²) in [7, 11) is -0.870. The molecule has 8 heteroatoms. The van der Waals surface area contributed by atoms with Crippen LogP contribution >= 0.6 is 11.8 Å². The predicted octanol–water partition coefficient (Wildman–Crippen LogP) is 3.24. The summed E-state index contributed by atoms with van der Waals surface area (Å²) < 4.78 is 37.7. The molecule has 0 radical (unpaired) electrons. The van der Waals surface area contributed by atoms with Gasteiger partial charge in [-0.25, -0.2) is 8.42 Å². The zero-order valence-corrected chi connectivity index (χ0v) is 18.3. The van der Waals surface area contributed by atoms with Gasteiger partial charge in [0, 0.05) is 17.5 Å². The average Bonchev–Trinajstić information content (AvgIpc) is 3.17. The van der Waals surface area contributed by atoms with Crippen LogP contribution in [-0.4, -0.2) is 50.7 Å². The molecule has 1 aliphatic heterocycles. The minimum atomic E-state index is -3.78. The van der Waals surface area contributed by atoms with E-state index in [0.717, 1.165) is 22.6 Å². The van der Waals surface area contributed by atoms with E-state index in [1.54, 1.807) is 43.1 Å². The van der Waals surface area contributed by atoms with E-state index in [1.165, 1.54) is 11.4 Å². The molecule has 1 heterocycles. The van der Waals surface area contributed by atoms with Crippen LogP contribution < -0.4 is 4.74 Å². The average molecular weight is 436 g/mol. The first-order valence-electron chi connectivity index (χ1n) is 9.26. The Kier molecular flexibility index (Phi) is 6.87. The van der Waals surface area contributed by atoms with Crippen LogP contribution in [0.4, 0.5) is 0 Å². The van der Waals surface area contributed by atoms with Gasteiger partial charge in [-0.2, -0.15) is 16.1 Å². The number of thioether (sulfide) groups is 1. The second-order valence-corrected chi connectivity index (χ2v) is 10.1. The minimum Gasteiger partial charge on any atom is -0.497 e. The monoisotopic (exact) mass is 435 g/mol. The SMILES string of the molecule is COC(=O)C1CC(SCc2ccc(OC)cc2)CN1S(=O)(=O)c1ccc(C)cc1. The summed E-state index contributed by atoms with van der Waals surface area (Å²) >= 11 is 1.65. The van der Waals surface area contributed by atoms with Gasteiger partial charge < -0.3 is 9.47 Å². The molecular weight excluding hydrogens is 410 g/mol. The summed E-state index contributed by atoms with van der Waals surface area (Å²) in [5, 5.41) is 0.00132. The van der Waals surface area contributed by atoms with Crippen molar-refractivity contribution < 1.29 is 22.7 Å². The molecule has 1 aliphatic rings. The molecule has 2 aromatic rings. The molecule has 1 saturated heterocycles. The summed E-state index contributed by atoms with van der Waals surface area (Å²) in [5.41, 5.74) is 2.09. The van der Waals surface area contributed by atoms with E-state index in [-0.39, 0.29) is 16.7 Å². The summed E-state index contributed by atoms with van der Waals surface area (Å²) in [6.45, 7) is 2.17. The molecule has 0 aromatic heterocycles. The molecule has 0 N–H and O–H groups in total. The highest BCUT2D eigenvalue weighted by Crippen LogP contribution is 2.34.